The molecule has 0 unspecified atom stereocenters. The number of nitrogens with one attached hydrogen (secondary N) is 1. The fraction of sp³-hybridized carbons (Fsp3) is 0.0909. The number of barbiturate groups is 1. The van der Waals surface area contributed by atoms with Crippen molar-refractivity contribution >= 4 is 46.5 Å². The Kier molecular flexibility index (Phi) is 4.86. The third kappa shape index (κ3) is 3.57. The molecule has 31 heavy (non-hydrogen) atoms. The fourth-order valence-electron chi connectivity index (χ4n) is 3.40. The number of nitrogens with zero attached hydrogens (tertiary/aromatic N) is 2. The Morgan fingerprint density at radius 2 is 1.90 bits per heavy atom. The minimum Gasteiger partial charge on any atom is -0.480 e. The molecule has 1 aromatic heterocycles. The average Bonchev–Trinajstić information content (AvgIpc) is 3.13. The van der Waals surface area contributed by atoms with E-state index in [1.54, 1.807) is 42.0 Å². The number of hydrogen-bond acceptors (Lipinski definition) is 4. The van der Waals surface area contributed by atoms with Gasteiger partial charge in [-0.15, -0.1) is 0 Å². The molecule has 1 atom stereocenters. The Balaban J connectivity index is 1.72. The lowest BCUT2D eigenvalue weighted by molar-refractivity contribution is -0.140. The van der Waals surface area contributed by atoms with Gasteiger partial charge in [0, 0.05) is 17.1 Å². The minimum atomic E-state index is -0.977. The van der Waals surface area contributed by atoms with Crippen LogP contribution in [0.1, 0.15) is 18.5 Å². The molecular formula is C22H16FN3O5. The maximum atomic E-state index is 13.6. The molecule has 0 spiro atoms. The lowest BCUT2D eigenvalue weighted by atomic mass is 10.1. The Bertz CT molecular complexity index is 1290. The van der Waals surface area contributed by atoms with Crippen LogP contribution >= 0.6 is 0 Å². The van der Waals surface area contributed by atoms with Gasteiger partial charge in [-0.3, -0.25) is 14.9 Å². The standard InChI is InChI=1S/C22H16FN3O5/c1-12(21(29)30)25-8-7-14-9-13(5-6-18(14)25)10-17-19(27)24-22(31)26(20(17)28)16-4-2-3-15(23)11-16/h2-12H,1H3,(H,29,30)(H,24,27,31)/b17-10+/t12-/m1/s1. The van der Waals surface area contributed by atoms with Gasteiger partial charge in [0.2, 0.25) is 0 Å². The predicted molar refractivity (Wildman–Crippen MR) is 110 cm³/mol. The maximum absolute atomic E-state index is 13.6. The van der Waals surface area contributed by atoms with Crippen LogP contribution in [0, 0.1) is 5.82 Å². The van der Waals surface area contributed by atoms with Gasteiger partial charge in [-0.1, -0.05) is 12.1 Å². The van der Waals surface area contributed by atoms with Gasteiger partial charge in [-0.2, -0.15) is 0 Å². The highest BCUT2D eigenvalue weighted by Gasteiger charge is 2.36. The minimum absolute atomic E-state index is 0.00362. The first kappa shape index (κ1) is 20.0. The zero-order valence-electron chi connectivity index (χ0n) is 16.2. The van der Waals surface area contributed by atoms with E-state index in [2.05, 4.69) is 5.32 Å². The molecule has 156 valence electrons. The maximum Gasteiger partial charge on any atom is 0.335 e. The van der Waals surface area contributed by atoms with Crippen LogP contribution in [-0.4, -0.2) is 33.5 Å². The van der Waals surface area contributed by atoms with Gasteiger partial charge in [-0.25, -0.2) is 18.9 Å². The largest absolute Gasteiger partial charge is 0.480 e. The number of carboxylic acid groups (broad SMARTS) is 1. The highest BCUT2D eigenvalue weighted by Crippen LogP contribution is 2.25. The number of benzene rings is 2. The summed E-state index contributed by atoms with van der Waals surface area (Å²) >= 11 is 0. The summed E-state index contributed by atoms with van der Waals surface area (Å²) in [5.74, 6) is -3.35. The van der Waals surface area contributed by atoms with E-state index in [1.165, 1.54) is 24.3 Å². The van der Waals surface area contributed by atoms with E-state index in [9.17, 15) is 28.7 Å². The number of fused-ring (bicyclic) bond motifs is 1. The van der Waals surface area contributed by atoms with Crippen LogP contribution in [0.4, 0.5) is 14.9 Å². The summed E-state index contributed by atoms with van der Waals surface area (Å²) < 4.78 is 15.2. The van der Waals surface area contributed by atoms with Crippen molar-refractivity contribution in [2.75, 3.05) is 4.90 Å². The monoisotopic (exact) mass is 421 g/mol. The predicted octanol–water partition coefficient (Wildman–Crippen LogP) is 3.09. The number of rotatable bonds is 4. The Morgan fingerprint density at radius 3 is 2.61 bits per heavy atom. The molecule has 2 N–H and O–H groups in total. The van der Waals surface area contributed by atoms with Gasteiger partial charge in [0.1, 0.15) is 17.4 Å². The number of imide groups is 2. The van der Waals surface area contributed by atoms with E-state index in [1.807, 2.05) is 0 Å². The topological polar surface area (TPSA) is 109 Å². The molecule has 1 fully saturated rings. The van der Waals surface area contributed by atoms with Gasteiger partial charge in [-0.05, 0) is 55.0 Å². The molecule has 1 aliphatic rings. The van der Waals surface area contributed by atoms with E-state index in [-0.39, 0.29) is 11.3 Å². The molecule has 0 bridgehead atoms. The molecule has 4 rings (SSSR count). The summed E-state index contributed by atoms with van der Waals surface area (Å²) in [6.07, 6.45) is 2.97. The van der Waals surface area contributed by atoms with Crippen LogP contribution in [0.5, 0.6) is 0 Å². The van der Waals surface area contributed by atoms with Crippen molar-refractivity contribution in [3.8, 4) is 0 Å². The fourth-order valence-corrected chi connectivity index (χ4v) is 3.40. The molecule has 3 aromatic rings. The smallest absolute Gasteiger partial charge is 0.335 e. The number of hydrogen-bond donors (Lipinski definition) is 2. The van der Waals surface area contributed by atoms with Crippen molar-refractivity contribution in [3.05, 3.63) is 71.7 Å². The number of carbonyl (C=O) groups is 4. The third-order valence-electron chi connectivity index (χ3n) is 5.00. The number of anilines is 1. The Hall–Kier alpha value is -4.27. The highest BCUT2D eigenvalue weighted by atomic mass is 19.1. The molecule has 2 heterocycles. The highest BCUT2D eigenvalue weighted by molar-refractivity contribution is 6.39. The normalized spacial score (nSPS) is 16.6. The van der Waals surface area contributed by atoms with Gasteiger partial charge in [0.15, 0.2) is 0 Å². The van der Waals surface area contributed by atoms with Crippen molar-refractivity contribution in [1.29, 1.82) is 0 Å². The van der Waals surface area contributed by atoms with Crippen molar-refractivity contribution < 1.29 is 28.7 Å². The second-order valence-electron chi connectivity index (χ2n) is 6.99. The first-order valence-corrected chi connectivity index (χ1v) is 9.26. The van der Waals surface area contributed by atoms with Crippen molar-refractivity contribution in [2.45, 2.75) is 13.0 Å². The number of aliphatic carboxylic acids is 1. The number of aromatic nitrogens is 1. The van der Waals surface area contributed by atoms with Gasteiger partial charge >= 0.3 is 12.0 Å². The number of amides is 4. The Labute approximate surface area is 175 Å². The second kappa shape index (κ2) is 7.52. The summed E-state index contributed by atoms with van der Waals surface area (Å²) in [4.78, 5) is 49.3. The van der Waals surface area contributed by atoms with Crippen molar-refractivity contribution in [2.24, 2.45) is 0 Å². The number of urea groups is 1. The van der Waals surface area contributed by atoms with Crippen molar-refractivity contribution in [3.63, 3.8) is 0 Å². The van der Waals surface area contributed by atoms with E-state index in [0.717, 1.165) is 6.07 Å². The molecule has 0 saturated carbocycles. The van der Waals surface area contributed by atoms with Crippen LogP contribution in [0.15, 0.2) is 60.3 Å². The van der Waals surface area contributed by atoms with Crippen LogP contribution in [-0.2, 0) is 14.4 Å². The molecule has 1 aliphatic heterocycles. The van der Waals surface area contributed by atoms with Gasteiger partial charge in [0.25, 0.3) is 11.8 Å². The van der Waals surface area contributed by atoms with E-state index in [4.69, 9.17) is 0 Å². The van der Waals surface area contributed by atoms with E-state index >= 15 is 0 Å². The average molecular weight is 421 g/mol. The summed E-state index contributed by atoms with van der Waals surface area (Å²) in [5.41, 5.74) is 0.881. The molecule has 2 aromatic carbocycles. The summed E-state index contributed by atoms with van der Waals surface area (Å²) in [6.45, 7) is 1.56. The lowest BCUT2D eigenvalue weighted by Gasteiger charge is -2.26. The van der Waals surface area contributed by atoms with Gasteiger partial charge < -0.3 is 9.67 Å². The van der Waals surface area contributed by atoms with Crippen LogP contribution < -0.4 is 10.2 Å². The van der Waals surface area contributed by atoms with Crippen LogP contribution in [0.2, 0.25) is 0 Å². The molecule has 0 radical (unpaired) electrons. The molecule has 8 nitrogen and oxygen atoms in total. The number of carboxylic acids is 1. The first-order valence-electron chi connectivity index (χ1n) is 9.26. The zero-order valence-corrected chi connectivity index (χ0v) is 16.2. The molecule has 1 saturated heterocycles. The molecule has 4 amide bonds. The second-order valence-corrected chi connectivity index (χ2v) is 6.99. The van der Waals surface area contributed by atoms with Crippen LogP contribution in [0.3, 0.4) is 0 Å². The van der Waals surface area contributed by atoms with Gasteiger partial charge in [0.05, 0.1) is 5.69 Å². The Morgan fingerprint density at radius 1 is 1.13 bits per heavy atom. The van der Waals surface area contributed by atoms with E-state index in [0.29, 0.717) is 21.4 Å². The van der Waals surface area contributed by atoms with Crippen LogP contribution in [0.25, 0.3) is 17.0 Å². The SMILES string of the molecule is C[C@H](C(=O)O)n1ccc2cc(/C=C3\C(=O)NC(=O)N(c4cccc(F)c4)C3=O)ccc21. The molecule has 9 heteroatoms. The third-order valence-corrected chi connectivity index (χ3v) is 5.00. The summed E-state index contributed by atoms with van der Waals surface area (Å²) in [6, 6.07) is 9.91. The lowest BCUT2D eigenvalue weighted by Crippen LogP contribution is -2.54. The molecular weight excluding hydrogens is 405 g/mol. The number of halogens is 1. The summed E-state index contributed by atoms with van der Waals surface area (Å²) in [7, 11) is 0. The zero-order chi connectivity index (χ0) is 22.3. The van der Waals surface area contributed by atoms with E-state index < -0.39 is 35.7 Å². The quantitative estimate of drug-likeness (QED) is 0.497. The van der Waals surface area contributed by atoms with Crippen molar-refractivity contribution in [1.82, 2.24) is 9.88 Å². The molecule has 0 aliphatic carbocycles. The number of carbonyl (C=O) groups excluding carboxylic acids is 3. The summed E-state index contributed by atoms with van der Waals surface area (Å²) in [5, 5.41) is 12.0. The first-order chi connectivity index (χ1) is 14.8.